The molecule has 2 aromatic heterocycles. The van der Waals surface area contributed by atoms with Crippen LogP contribution < -0.4 is 5.32 Å². The molecule has 0 radical (unpaired) electrons. The van der Waals surface area contributed by atoms with Crippen LogP contribution in [0.1, 0.15) is 25.3 Å². The van der Waals surface area contributed by atoms with Crippen LogP contribution in [-0.2, 0) is 0 Å². The zero-order valence-corrected chi connectivity index (χ0v) is 11.8. The highest BCUT2D eigenvalue weighted by atomic mass is 15.1. The predicted molar refractivity (Wildman–Crippen MR) is 80.3 cm³/mol. The Labute approximate surface area is 117 Å². The molecule has 102 valence electrons. The zero-order valence-electron chi connectivity index (χ0n) is 11.8. The van der Waals surface area contributed by atoms with Crippen molar-refractivity contribution in [1.29, 1.82) is 0 Å². The molecular formula is C15H17N5. The van der Waals surface area contributed by atoms with E-state index in [0.29, 0.717) is 5.92 Å². The van der Waals surface area contributed by atoms with Gasteiger partial charge in [-0.25, -0.2) is 15.0 Å². The number of benzene rings is 1. The summed E-state index contributed by atoms with van der Waals surface area (Å²) in [5.74, 6) is 2.06. The molecule has 5 nitrogen and oxygen atoms in total. The van der Waals surface area contributed by atoms with Crippen molar-refractivity contribution in [3.63, 3.8) is 0 Å². The molecule has 0 amide bonds. The van der Waals surface area contributed by atoms with Gasteiger partial charge in [-0.3, -0.25) is 4.57 Å². The van der Waals surface area contributed by atoms with E-state index >= 15 is 0 Å². The highest BCUT2D eigenvalue weighted by Crippen LogP contribution is 2.28. The minimum atomic E-state index is 0.315. The molecule has 0 aliphatic heterocycles. The number of anilines is 1. The lowest BCUT2D eigenvalue weighted by molar-refractivity contribution is 0.822. The number of nitrogens with one attached hydrogen (secondary N) is 1. The van der Waals surface area contributed by atoms with Gasteiger partial charge in [-0.15, -0.1) is 0 Å². The topological polar surface area (TPSA) is 55.6 Å². The maximum Gasteiger partial charge on any atom is 0.147 e. The number of para-hydroxylation sites is 2. The van der Waals surface area contributed by atoms with Crippen LogP contribution in [-0.4, -0.2) is 26.6 Å². The molecule has 0 unspecified atom stereocenters. The predicted octanol–water partition coefficient (Wildman–Crippen LogP) is 2.98. The lowest BCUT2D eigenvalue weighted by atomic mass is 10.0. The van der Waals surface area contributed by atoms with E-state index in [4.69, 9.17) is 0 Å². The van der Waals surface area contributed by atoms with Crippen molar-refractivity contribution in [3.05, 3.63) is 42.5 Å². The van der Waals surface area contributed by atoms with E-state index in [0.717, 1.165) is 28.2 Å². The van der Waals surface area contributed by atoms with Crippen molar-refractivity contribution in [2.45, 2.75) is 19.8 Å². The van der Waals surface area contributed by atoms with E-state index in [-0.39, 0.29) is 0 Å². The highest BCUT2D eigenvalue weighted by Gasteiger charge is 2.17. The van der Waals surface area contributed by atoms with Crippen LogP contribution >= 0.6 is 0 Å². The SMILES string of the molecule is CNc1ncnc(-n2cnc3ccccc32)c1C(C)C. The van der Waals surface area contributed by atoms with Gasteiger partial charge in [0.05, 0.1) is 11.0 Å². The third-order valence-corrected chi connectivity index (χ3v) is 3.36. The Hall–Kier alpha value is -2.43. The first-order chi connectivity index (χ1) is 9.72. The molecule has 2 heterocycles. The average Bonchev–Trinajstić information content (AvgIpc) is 2.90. The molecule has 0 spiro atoms. The fourth-order valence-electron chi connectivity index (χ4n) is 2.44. The summed E-state index contributed by atoms with van der Waals surface area (Å²) in [5, 5.41) is 3.14. The van der Waals surface area contributed by atoms with E-state index < -0.39 is 0 Å². The number of fused-ring (bicyclic) bond motifs is 1. The summed E-state index contributed by atoms with van der Waals surface area (Å²) in [6, 6.07) is 8.05. The Morgan fingerprint density at radius 1 is 1.10 bits per heavy atom. The molecule has 0 bridgehead atoms. The lowest BCUT2D eigenvalue weighted by Crippen LogP contribution is -2.08. The first-order valence-corrected chi connectivity index (χ1v) is 6.67. The van der Waals surface area contributed by atoms with Gasteiger partial charge in [-0.05, 0) is 18.1 Å². The van der Waals surface area contributed by atoms with Crippen LogP contribution in [0, 0.1) is 0 Å². The average molecular weight is 267 g/mol. The quantitative estimate of drug-likeness (QED) is 0.792. The number of imidazole rings is 1. The zero-order chi connectivity index (χ0) is 14.1. The molecule has 3 aromatic rings. The van der Waals surface area contributed by atoms with Crippen LogP contribution in [0.5, 0.6) is 0 Å². The second kappa shape index (κ2) is 4.92. The van der Waals surface area contributed by atoms with Crippen molar-refractivity contribution < 1.29 is 0 Å². The standard InChI is InChI=1S/C15H17N5/c1-10(2)13-14(16-3)17-8-18-15(13)20-9-19-11-6-4-5-7-12(11)20/h4-10H,1-3H3,(H,16,17,18). The Kier molecular flexibility index (Phi) is 3.10. The summed E-state index contributed by atoms with van der Waals surface area (Å²) in [6.45, 7) is 4.28. The summed E-state index contributed by atoms with van der Waals surface area (Å²) in [5.41, 5.74) is 3.11. The maximum absolute atomic E-state index is 4.47. The van der Waals surface area contributed by atoms with E-state index in [2.05, 4.69) is 34.1 Å². The molecule has 20 heavy (non-hydrogen) atoms. The van der Waals surface area contributed by atoms with Crippen molar-refractivity contribution in [2.24, 2.45) is 0 Å². The molecule has 0 aliphatic rings. The lowest BCUT2D eigenvalue weighted by Gasteiger charge is -2.16. The highest BCUT2D eigenvalue weighted by molar-refractivity contribution is 5.77. The largest absolute Gasteiger partial charge is 0.373 e. The van der Waals surface area contributed by atoms with Crippen LogP contribution in [0.15, 0.2) is 36.9 Å². The van der Waals surface area contributed by atoms with Crippen LogP contribution in [0.4, 0.5) is 5.82 Å². The summed E-state index contributed by atoms with van der Waals surface area (Å²) in [4.78, 5) is 13.2. The van der Waals surface area contributed by atoms with Gasteiger partial charge in [0, 0.05) is 12.6 Å². The normalized spacial score (nSPS) is 11.2. The fraction of sp³-hybridized carbons (Fsp3) is 0.267. The maximum atomic E-state index is 4.47. The van der Waals surface area contributed by atoms with Gasteiger partial charge in [0.25, 0.3) is 0 Å². The van der Waals surface area contributed by atoms with Gasteiger partial charge in [-0.2, -0.15) is 0 Å². The molecule has 5 heteroatoms. The molecule has 1 aromatic carbocycles. The van der Waals surface area contributed by atoms with Crippen molar-refractivity contribution >= 4 is 16.9 Å². The summed E-state index contributed by atoms with van der Waals surface area (Å²) < 4.78 is 2.02. The minimum absolute atomic E-state index is 0.315. The van der Waals surface area contributed by atoms with Crippen molar-refractivity contribution in [3.8, 4) is 5.82 Å². The number of aromatic nitrogens is 4. The third-order valence-electron chi connectivity index (χ3n) is 3.36. The van der Waals surface area contributed by atoms with Gasteiger partial charge in [0.2, 0.25) is 0 Å². The Morgan fingerprint density at radius 3 is 2.65 bits per heavy atom. The Morgan fingerprint density at radius 2 is 1.90 bits per heavy atom. The number of hydrogen-bond donors (Lipinski definition) is 1. The molecule has 0 aliphatic carbocycles. The summed E-state index contributed by atoms with van der Waals surface area (Å²) in [7, 11) is 1.88. The summed E-state index contributed by atoms with van der Waals surface area (Å²) >= 11 is 0. The monoisotopic (exact) mass is 267 g/mol. The van der Waals surface area contributed by atoms with E-state index in [1.807, 2.05) is 42.2 Å². The van der Waals surface area contributed by atoms with Crippen LogP contribution in [0.3, 0.4) is 0 Å². The number of nitrogens with zero attached hydrogens (tertiary/aromatic N) is 4. The Balaban J connectivity index is 2.29. The Bertz CT molecular complexity index is 745. The van der Waals surface area contributed by atoms with Crippen LogP contribution in [0.2, 0.25) is 0 Å². The second-order valence-corrected chi connectivity index (χ2v) is 4.97. The van der Waals surface area contributed by atoms with Crippen molar-refractivity contribution in [1.82, 2.24) is 19.5 Å². The smallest absolute Gasteiger partial charge is 0.147 e. The molecule has 0 saturated heterocycles. The van der Waals surface area contributed by atoms with Gasteiger partial charge in [0.1, 0.15) is 24.3 Å². The van der Waals surface area contributed by atoms with Gasteiger partial charge < -0.3 is 5.32 Å². The fourth-order valence-corrected chi connectivity index (χ4v) is 2.44. The number of rotatable bonds is 3. The van der Waals surface area contributed by atoms with Crippen LogP contribution in [0.25, 0.3) is 16.9 Å². The summed E-state index contributed by atoms with van der Waals surface area (Å²) in [6.07, 6.45) is 3.40. The molecule has 0 atom stereocenters. The first kappa shape index (κ1) is 12.6. The van der Waals surface area contributed by atoms with Crippen molar-refractivity contribution in [2.75, 3.05) is 12.4 Å². The molecule has 0 fully saturated rings. The molecule has 1 N–H and O–H groups in total. The first-order valence-electron chi connectivity index (χ1n) is 6.67. The number of hydrogen-bond acceptors (Lipinski definition) is 4. The molecular weight excluding hydrogens is 250 g/mol. The van der Waals surface area contributed by atoms with E-state index in [9.17, 15) is 0 Å². The van der Waals surface area contributed by atoms with Gasteiger partial charge in [0.15, 0.2) is 0 Å². The van der Waals surface area contributed by atoms with Gasteiger partial charge >= 0.3 is 0 Å². The van der Waals surface area contributed by atoms with E-state index in [1.54, 1.807) is 6.33 Å². The molecule has 0 saturated carbocycles. The van der Waals surface area contributed by atoms with E-state index in [1.165, 1.54) is 0 Å². The van der Waals surface area contributed by atoms with Gasteiger partial charge in [-0.1, -0.05) is 26.0 Å². The minimum Gasteiger partial charge on any atom is -0.373 e. The second-order valence-electron chi connectivity index (χ2n) is 4.97. The third kappa shape index (κ3) is 1.91. The molecule has 3 rings (SSSR count).